The van der Waals surface area contributed by atoms with E-state index in [9.17, 15) is 18.3 Å². The molecule has 2 aromatic carbocycles. The summed E-state index contributed by atoms with van der Waals surface area (Å²) in [5, 5.41) is 9.85. The molecular weight excluding hydrogens is 428 g/mol. The molecule has 1 aliphatic heterocycles. The monoisotopic (exact) mass is 460 g/mol. The van der Waals surface area contributed by atoms with Gasteiger partial charge in [0.1, 0.15) is 0 Å². The molecule has 1 N–H and O–H groups in total. The van der Waals surface area contributed by atoms with E-state index in [1.54, 1.807) is 11.8 Å². The highest BCUT2D eigenvalue weighted by Gasteiger charge is 2.31. The second kappa shape index (κ2) is 10.1. The lowest BCUT2D eigenvalue weighted by atomic mass is 9.94. The average molecular weight is 461 g/mol. The number of hydrogen-bond donors (Lipinski definition) is 1. The molecule has 2 aromatic rings. The van der Waals surface area contributed by atoms with E-state index in [4.69, 9.17) is 4.74 Å². The number of aliphatic hydroxyl groups excluding tert-OH is 1. The van der Waals surface area contributed by atoms with Gasteiger partial charge >= 0.3 is 0 Å². The minimum Gasteiger partial charge on any atom is -0.394 e. The third-order valence-corrected chi connectivity index (χ3v) is 7.38. The molecule has 0 saturated carbocycles. The van der Waals surface area contributed by atoms with Gasteiger partial charge in [-0.05, 0) is 29.7 Å². The maximum atomic E-state index is 13.7. The zero-order chi connectivity index (χ0) is 23.5. The van der Waals surface area contributed by atoms with Crippen LogP contribution in [0.5, 0.6) is 0 Å². The molecule has 1 amide bonds. The summed E-state index contributed by atoms with van der Waals surface area (Å²) < 4.78 is 31.6. The van der Waals surface area contributed by atoms with E-state index in [0.29, 0.717) is 18.7 Å². The fraction of sp³-hybridized carbons (Fsp3) is 0.458. The van der Waals surface area contributed by atoms with Crippen LogP contribution in [0.25, 0.3) is 11.1 Å². The van der Waals surface area contributed by atoms with Crippen LogP contribution in [0.3, 0.4) is 0 Å². The fourth-order valence-electron chi connectivity index (χ4n) is 3.94. The van der Waals surface area contributed by atoms with Crippen LogP contribution in [-0.2, 0) is 21.4 Å². The highest BCUT2D eigenvalue weighted by atomic mass is 32.2. The van der Waals surface area contributed by atoms with Crippen molar-refractivity contribution in [3.05, 3.63) is 59.7 Å². The van der Waals surface area contributed by atoms with Crippen molar-refractivity contribution in [3.63, 3.8) is 0 Å². The van der Waals surface area contributed by atoms with Gasteiger partial charge in [0.15, 0.2) is 0 Å². The number of rotatable bonds is 5. The van der Waals surface area contributed by atoms with E-state index in [0.717, 1.165) is 16.7 Å². The van der Waals surface area contributed by atoms with Crippen molar-refractivity contribution in [2.45, 2.75) is 32.6 Å². The fourth-order valence-corrected chi connectivity index (χ4v) is 4.36. The molecule has 0 unspecified atom stereocenters. The number of ether oxygens (including phenoxy) is 1. The first-order chi connectivity index (χ1) is 15.1. The standard InChI is InChI=1S/C24H32N2O5S/c1-17-13-26(18(2)15-27)24(28)22-12-8-7-11-21(22)20-10-6-5-9-19(20)16-31-23(17)14-25(3)32(4,29)30/h5-12,17-18,23,27H,13-16H2,1-4H3/t17-,18+,23+/m0/s1. The summed E-state index contributed by atoms with van der Waals surface area (Å²) in [6.45, 7) is 4.37. The highest BCUT2D eigenvalue weighted by molar-refractivity contribution is 7.88. The van der Waals surface area contributed by atoms with Crippen LogP contribution in [-0.4, -0.2) is 73.8 Å². The SMILES string of the molecule is C[C@H](CO)N1C[C@H](C)[C@@H](CN(C)S(C)(=O)=O)OCc2ccccc2-c2ccccc2C1=O. The first-order valence-electron chi connectivity index (χ1n) is 10.8. The van der Waals surface area contributed by atoms with Gasteiger partial charge in [-0.25, -0.2) is 12.7 Å². The van der Waals surface area contributed by atoms with Crippen molar-refractivity contribution in [1.82, 2.24) is 9.21 Å². The van der Waals surface area contributed by atoms with Gasteiger partial charge in [0.25, 0.3) is 5.91 Å². The third kappa shape index (κ3) is 5.38. The first-order valence-corrected chi connectivity index (χ1v) is 12.6. The van der Waals surface area contributed by atoms with Crippen molar-refractivity contribution in [2.24, 2.45) is 5.92 Å². The Kier molecular flexibility index (Phi) is 7.71. The van der Waals surface area contributed by atoms with E-state index in [1.165, 1.54) is 17.6 Å². The summed E-state index contributed by atoms with van der Waals surface area (Å²) in [5.74, 6) is -0.338. The van der Waals surface area contributed by atoms with Gasteiger partial charge in [0.05, 0.1) is 31.6 Å². The lowest BCUT2D eigenvalue weighted by molar-refractivity contribution is -0.0145. The Morgan fingerprint density at radius 3 is 2.34 bits per heavy atom. The molecule has 3 atom stereocenters. The molecule has 1 aliphatic rings. The minimum atomic E-state index is -3.39. The van der Waals surface area contributed by atoms with E-state index < -0.39 is 22.2 Å². The lowest BCUT2D eigenvalue weighted by Crippen LogP contribution is -2.47. The number of fused-ring (bicyclic) bond motifs is 3. The maximum Gasteiger partial charge on any atom is 0.254 e. The molecule has 3 rings (SSSR count). The predicted octanol–water partition coefficient (Wildman–Crippen LogP) is 2.60. The number of carbonyl (C=O) groups is 1. The van der Waals surface area contributed by atoms with Crippen molar-refractivity contribution in [2.75, 3.05) is 33.0 Å². The Hall–Kier alpha value is -2.26. The largest absolute Gasteiger partial charge is 0.394 e. The number of hydrogen-bond acceptors (Lipinski definition) is 5. The van der Waals surface area contributed by atoms with Gasteiger partial charge < -0.3 is 14.7 Å². The molecule has 0 radical (unpaired) electrons. The number of sulfonamides is 1. The molecular formula is C24H32N2O5S. The third-order valence-electron chi connectivity index (χ3n) is 6.10. The Morgan fingerprint density at radius 1 is 1.12 bits per heavy atom. The zero-order valence-corrected chi connectivity index (χ0v) is 19.9. The Balaban J connectivity index is 2.11. The van der Waals surface area contributed by atoms with Crippen LogP contribution in [0.15, 0.2) is 48.5 Å². The number of benzene rings is 2. The molecule has 0 fully saturated rings. The molecule has 0 bridgehead atoms. The van der Waals surface area contributed by atoms with E-state index in [2.05, 4.69) is 0 Å². The van der Waals surface area contributed by atoms with Gasteiger partial charge in [0, 0.05) is 31.6 Å². The van der Waals surface area contributed by atoms with Crippen molar-refractivity contribution >= 4 is 15.9 Å². The van der Waals surface area contributed by atoms with Gasteiger partial charge in [-0.3, -0.25) is 4.79 Å². The van der Waals surface area contributed by atoms with Gasteiger partial charge in [-0.2, -0.15) is 0 Å². The second-order valence-corrected chi connectivity index (χ2v) is 10.7. The Bertz CT molecular complexity index is 1060. The van der Waals surface area contributed by atoms with Crippen molar-refractivity contribution in [1.29, 1.82) is 0 Å². The minimum absolute atomic E-state index is 0.166. The molecule has 32 heavy (non-hydrogen) atoms. The Morgan fingerprint density at radius 2 is 1.72 bits per heavy atom. The van der Waals surface area contributed by atoms with Crippen LogP contribution >= 0.6 is 0 Å². The van der Waals surface area contributed by atoms with Crippen LogP contribution < -0.4 is 0 Å². The summed E-state index contributed by atoms with van der Waals surface area (Å²) in [6.07, 6.45) is 0.726. The molecule has 8 heteroatoms. The molecule has 7 nitrogen and oxygen atoms in total. The Labute approximate surface area is 190 Å². The van der Waals surface area contributed by atoms with Gasteiger partial charge in [0.2, 0.25) is 10.0 Å². The normalized spacial score (nSPS) is 20.9. The molecule has 0 spiro atoms. The van der Waals surface area contributed by atoms with E-state index in [-0.39, 0.29) is 25.0 Å². The maximum absolute atomic E-state index is 13.7. The van der Waals surface area contributed by atoms with E-state index in [1.807, 2.05) is 55.5 Å². The second-order valence-electron chi connectivity index (χ2n) is 8.56. The quantitative estimate of drug-likeness (QED) is 0.741. The summed E-state index contributed by atoms with van der Waals surface area (Å²) in [5.41, 5.74) is 3.21. The summed E-state index contributed by atoms with van der Waals surface area (Å²) in [4.78, 5) is 15.3. The van der Waals surface area contributed by atoms with Gasteiger partial charge in [-0.1, -0.05) is 49.4 Å². The lowest BCUT2D eigenvalue weighted by Gasteiger charge is -2.34. The van der Waals surface area contributed by atoms with Crippen LogP contribution in [0.2, 0.25) is 0 Å². The van der Waals surface area contributed by atoms with Crippen LogP contribution in [0.4, 0.5) is 0 Å². The topological polar surface area (TPSA) is 87.2 Å². The summed E-state index contributed by atoms with van der Waals surface area (Å²) in [6, 6.07) is 14.8. The molecule has 0 aliphatic carbocycles. The molecule has 174 valence electrons. The number of amides is 1. The number of carbonyl (C=O) groups excluding carboxylic acids is 1. The number of aliphatic hydroxyl groups is 1. The zero-order valence-electron chi connectivity index (χ0n) is 19.1. The number of likely N-dealkylation sites (N-methyl/N-ethyl adjacent to an activating group) is 1. The van der Waals surface area contributed by atoms with Crippen molar-refractivity contribution < 1.29 is 23.1 Å². The van der Waals surface area contributed by atoms with Crippen molar-refractivity contribution in [3.8, 4) is 11.1 Å². The average Bonchev–Trinajstić information content (AvgIpc) is 2.79. The molecule has 0 saturated heterocycles. The number of nitrogens with zero attached hydrogens (tertiary/aromatic N) is 2. The summed E-state index contributed by atoms with van der Waals surface area (Å²) >= 11 is 0. The predicted molar refractivity (Wildman–Crippen MR) is 125 cm³/mol. The summed E-state index contributed by atoms with van der Waals surface area (Å²) in [7, 11) is -1.86. The van der Waals surface area contributed by atoms with E-state index >= 15 is 0 Å². The first kappa shape index (κ1) is 24.4. The van der Waals surface area contributed by atoms with Gasteiger partial charge in [-0.15, -0.1) is 0 Å². The van der Waals surface area contributed by atoms with Crippen LogP contribution in [0.1, 0.15) is 29.8 Å². The highest BCUT2D eigenvalue weighted by Crippen LogP contribution is 2.31. The molecule has 1 heterocycles. The smallest absolute Gasteiger partial charge is 0.254 e. The van der Waals surface area contributed by atoms with Crippen LogP contribution in [0, 0.1) is 5.92 Å². The molecule has 0 aromatic heterocycles.